The Kier molecular flexibility index (Phi) is 8.52. The molecular formula is C28H32N4O4. The van der Waals surface area contributed by atoms with Gasteiger partial charge >= 0.3 is 0 Å². The number of carbonyl (C=O) groups excluding carboxylic acids is 1. The lowest BCUT2D eigenvalue weighted by atomic mass is 9.92. The number of hydroxylamine groups is 2. The molecule has 1 fully saturated rings. The van der Waals surface area contributed by atoms with E-state index in [0.29, 0.717) is 19.5 Å². The van der Waals surface area contributed by atoms with E-state index in [0.717, 1.165) is 22.4 Å². The van der Waals surface area contributed by atoms with E-state index in [1.165, 1.54) is 5.56 Å². The minimum absolute atomic E-state index is 0.253. The number of hydrogen-bond donors (Lipinski definition) is 4. The van der Waals surface area contributed by atoms with Crippen molar-refractivity contribution in [3.05, 3.63) is 89.0 Å². The number of benzene rings is 2. The summed E-state index contributed by atoms with van der Waals surface area (Å²) < 4.78 is 0. The predicted molar refractivity (Wildman–Crippen MR) is 135 cm³/mol. The van der Waals surface area contributed by atoms with Crippen molar-refractivity contribution in [3.63, 3.8) is 0 Å². The number of aliphatic hydroxyl groups excluding tert-OH is 2. The van der Waals surface area contributed by atoms with E-state index < -0.39 is 24.2 Å². The lowest BCUT2D eigenvalue weighted by Gasteiger charge is -2.24. The lowest BCUT2D eigenvalue weighted by Crippen LogP contribution is -2.48. The zero-order chi connectivity index (χ0) is 25.5. The van der Waals surface area contributed by atoms with Gasteiger partial charge in [-0.05, 0) is 43.7 Å². The number of nitrogens with zero attached hydrogens (tertiary/aromatic N) is 2. The van der Waals surface area contributed by atoms with Crippen LogP contribution in [-0.4, -0.2) is 62.6 Å². The number of aromatic nitrogens is 2. The van der Waals surface area contributed by atoms with Gasteiger partial charge in [-0.15, -0.1) is 0 Å². The molecule has 188 valence electrons. The van der Waals surface area contributed by atoms with Crippen LogP contribution in [0.25, 0.3) is 0 Å². The van der Waals surface area contributed by atoms with Gasteiger partial charge in [0.05, 0.1) is 25.6 Å². The predicted octanol–water partition coefficient (Wildman–Crippen LogP) is 1.95. The van der Waals surface area contributed by atoms with Gasteiger partial charge in [-0.3, -0.25) is 9.63 Å². The van der Waals surface area contributed by atoms with E-state index in [2.05, 4.69) is 27.1 Å². The summed E-state index contributed by atoms with van der Waals surface area (Å²) in [5, 5.41) is 24.8. The summed E-state index contributed by atoms with van der Waals surface area (Å²) >= 11 is 0. The maximum Gasteiger partial charge on any atom is 0.240 e. The van der Waals surface area contributed by atoms with Crippen molar-refractivity contribution in [2.45, 2.75) is 45.1 Å². The third kappa shape index (κ3) is 6.39. The molecule has 36 heavy (non-hydrogen) atoms. The summed E-state index contributed by atoms with van der Waals surface area (Å²) in [5.41, 5.74) is 4.87. The molecular weight excluding hydrogens is 456 g/mol. The number of nitrogens with one attached hydrogen (secondary N) is 2. The van der Waals surface area contributed by atoms with Crippen molar-refractivity contribution < 1.29 is 19.8 Å². The number of aryl methyl sites for hydroxylation is 1. The van der Waals surface area contributed by atoms with Gasteiger partial charge in [0.15, 0.2) is 0 Å². The molecule has 2 aromatic carbocycles. The van der Waals surface area contributed by atoms with E-state index in [1.807, 2.05) is 55.5 Å². The Balaban J connectivity index is 1.44. The van der Waals surface area contributed by atoms with E-state index in [9.17, 15) is 15.0 Å². The first-order valence-electron chi connectivity index (χ1n) is 12.1. The molecule has 1 aliphatic rings. The summed E-state index contributed by atoms with van der Waals surface area (Å²) in [5.74, 6) is 5.52. The van der Waals surface area contributed by atoms with Crippen LogP contribution in [0.2, 0.25) is 0 Å². The molecule has 0 bridgehead atoms. The summed E-state index contributed by atoms with van der Waals surface area (Å²) in [6, 6.07) is 15.1. The van der Waals surface area contributed by atoms with E-state index in [1.54, 1.807) is 24.5 Å². The second-order valence-corrected chi connectivity index (χ2v) is 9.11. The van der Waals surface area contributed by atoms with Gasteiger partial charge in [0.2, 0.25) is 5.91 Å². The van der Waals surface area contributed by atoms with Gasteiger partial charge in [-0.2, -0.15) is 5.06 Å². The summed E-state index contributed by atoms with van der Waals surface area (Å²) in [4.78, 5) is 26.1. The van der Waals surface area contributed by atoms with Crippen LogP contribution >= 0.6 is 0 Å². The summed E-state index contributed by atoms with van der Waals surface area (Å²) in [6.07, 6.45) is 2.39. The van der Waals surface area contributed by atoms with Crippen molar-refractivity contribution in [2.24, 2.45) is 5.92 Å². The number of aliphatic hydroxyl groups is 2. The van der Waals surface area contributed by atoms with E-state index in [4.69, 9.17) is 4.84 Å². The normalized spacial score (nSPS) is 20.5. The van der Waals surface area contributed by atoms with Crippen molar-refractivity contribution >= 4 is 5.91 Å². The second kappa shape index (κ2) is 12.0. The molecule has 4 atom stereocenters. The third-order valence-electron chi connectivity index (χ3n) is 6.29. The average Bonchev–Trinajstić information content (AvgIpc) is 3.52. The maximum absolute atomic E-state index is 13.1. The molecule has 1 aromatic heterocycles. The van der Waals surface area contributed by atoms with Crippen molar-refractivity contribution in [3.8, 4) is 11.8 Å². The molecule has 1 amide bonds. The first-order valence-corrected chi connectivity index (χ1v) is 12.1. The molecule has 2 heterocycles. The SMILES string of the molecule is Cc1ccc(C#Cc2ccc(CN3OC([C@H](C)O)C(CO)C3C(=O)NCCc3cnc[nH]3)cc2)cc1. The smallest absolute Gasteiger partial charge is 0.240 e. The summed E-state index contributed by atoms with van der Waals surface area (Å²) in [7, 11) is 0. The highest BCUT2D eigenvalue weighted by Crippen LogP contribution is 2.31. The van der Waals surface area contributed by atoms with Gasteiger partial charge in [0.25, 0.3) is 0 Å². The molecule has 1 aliphatic heterocycles. The molecule has 0 saturated carbocycles. The fraction of sp³-hybridized carbons (Fsp3) is 0.357. The van der Waals surface area contributed by atoms with Crippen LogP contribution in [0.5, 0.6) is 0 Å². The van der Waals surface area contributed by atoms with E-state index in [-0.39, 0.29) is 12.5 Å². The van der Waals surface area contributed by atoms with Crippen LogP contribution in [0, 0.1) is 24.7 Å². The monoisotopic (exact) mass is 488 g/mol. The van der Waals surface area contributed by atoms with Crippen LogP contribution < -0.4 is 5.32 Å². The first kappa shape index (κ1) is 25.6. The van der Waals surface area contributed by atoms with Crippen molar-refractivity contribution in [1.29, 1.82) is 0 Å². The highest BCUT2D eigenvalue weighted by atomic mass is 16.7. The second-order valence-electron chi connectivity index (χ2n) is 9.11. The van der Waals surface area contributed by atoms with Crippen LogP contribution in [0.4, 0.5) is 0 Å². The van der Waals surface area contributed by atoms with Crippen LogP contribution in [0.1, 0.15) is 34.9 Å². The average molecular weight is 489 g/mol. The molecule has 4 N–H and O–H groups in total. The first-order chi connectivity index (χ1) is 17.4. The van der Waals surface area contributed by atoms with Gasteiger partial charge < -0.3 is 20.5 Å². The van der Waals surface area contributed by atoms with Crippen LogP contribution in [0.3, 0.4) is 0 Å². The molecule has 0 spiro atoms. The molecule has 8 nitrogen and oxygen atoms in total. The third-order valence-corrected chi connectivity index (χ3v) is 6.29. The number of imidazole rings is 1. The Morgan fingerprint density at radius 1 is 1.17 bits per heavy atom. The Labute approximate surface area is 211 Å². The highest BCUT2D eigenvalue weighted by molar-refractivity contribution is 5.82. The minimum Gasteiger partial charge on any atom is -0.396 e. The van der Waals surface area contributed by atoms with Crippen molar-refractivity contribution in [2.75, 3.05) is 13.2 Å². The molecule has 8 heteroatoms. The molecule has 3 unspecified atom stereocenters. The van der Waals surface area contributed by atoms with Crippen molar-refractivity contribution in [1.82, 2.24) is 20.3 Å². The molecule has 4 rings (SSSR count). The lowest BCUT2D eigenvalue weighted by molar-refractivity contribution is -0.192. The van der Waals surface area contributed by atoms with Crippen LogP contribution in [-0.2, 0) is 22.6 Å². The quantitative estimate of drug-likeness (QED) is 0.361. The van der Waals surface area contributed by atoms with Gasteiger partial charge in [-0.1, -0.05) is 41.7 Å². The number of carbonyl (C=O) groups is 1. The number of H-pyrrole nitrogens is 1. The zero-order valence-electron chi connectivity index (χ0n) is 20.5. The molecule has 3 aromatic rings. The van der Waals surface area contributed by atoms with Gasteiger partial charge in [-0.25, -0.2) is 4.98 Å². The Morgan fingerprint density at radius 3 is 2.42 bits per heavy atom. The maximum atomic E-state index is 13.1. The Morgan fingerprint density at radius 2 is 1.83 bits per heavy atom. The highest BCUT2D eigenvalue weighted by Gasteiger charge is 2.48. The Bertz CT molecular complexity index is 1180. The topological polar surface area (TPSA) is 111 Å². The van der Waals surface area contributed by atoms with E-state index >= 15 is 0 Å². The number of amides is 1. The number of aromatic amines is 1. The fourth-order valence-corrected chi connectivity index (χ4v) is 4.30. The van der Waals surface area contributed by atoms with Gasteiger partial charge in [0.1, 0.15) is 12.1 Å². The molecule has 1 saturated heterocycles. The molecule has 0 aliphatic carbocycles. The number of hydrogen-bond acceptors (Lipinski definition) is 6. The fourth-order valence-electron chi connectivity index (χ4n) is 4.30. The standard InChI is InChI=1S/C28H32N4O4/c1-19-3-5-21(6-4-19)7-8-22-9-11-23(12-10-22)16-32-26(25(17-33)27(36-32)20(2)34)28(35)30-14-13-24-15-29-18-31-24/h3-6,9-12,15,18,20,25-27,33-34H,13-14,16-17H2,1-2H3,(H,29,31)(H,30,35)/t20-,25?,26?,27?/m0/s1. The van der Waals surface area contributed by atoms with Gasteiger partial charge in [0, 0.05) is 41.9 Å². The molecule has 0 radical (unpaired) electrons. The minimum atomic E-state index is -0.841. The summed E-state index contributed by atoms with van der Waals surface area (Å²) in [6.45, 7) is 4.10. The Hall–Kier alpha value is -3.48. The number of rotatable bonds is 8. The zero-order valence-corrected chi connectivity index (χ0v) is 20.5. The largest absolute Gasteiger partial charge is 0.396 e. The van der Waals surface area contributed by atoms with Crippen LogP contribution in [0.15, 0.2) is 61.1 Å².